The molecule has 0 aliphatic rings. The Morgan fingerprint density at radius 2 is 2.35 bits per heavy atom. The SMILES string of the molecule is CCCCCC(CC=O)OC(=O)c1ccco1. The van der Waals surface area contributed by atoms with E-state index in [1.54, 1.807) is 12.1 Å². The fraction of sp³-hybridized carbons (Fsp3) is 0.538. The van der Waals surface area contributed by atoms with Gasteiger partial charge in [0.25, 0.3) is 0 Å². The largest absolute Gasteiger partial charge is 0.457 e. The highest BCUT2D eigenvalue weighted by Gasteiger charge is 2.17. The first-order valence-corrected chi connectivity index (χ1v) is 5.96. The van der Waals surface area contributed by atoms with Crippen LogP contribution in [0.5, 0.6) is 0 Å². The van der Waals surface area contributed by atoms with Gasteiger partial charge in [0, 0.05) is 6.42 Å². The number of rotatable bonds is 8. The smallest absolute Gasteiger partial charge is 0.374 e. The first kappa shape index (κ1) is 13.5. The minimum Gasteiger partial charge on any atom is -0.457 e. The highest BCUT2D eigenvalue weighted by Crippen LogP contribution is 2.12. The molecule has 0 radical (unpaired) electrons. The number of furan rings is 1. The van der Waals surface area contributed by atoms with Gasteiger partial charge >= 0.3 is 5.97 Å². The molecule has 17 heavy (non-hydrogen) atoms. The lowest BCUT2D eigenvalue weighted by molar-refractivity contribution is -0.109. The topological polar surface area (TPSA) is 56.5 Å². The maximum atomic E-state index is 11.6. The molecular formula is C13H18O4. The fourth-order valence-corrected chi connectivity index (χ4v) is 1.56. The predicted octanol–water partition coefficient (Wildman–Crippen LogP) is 2.97. The van der Waals surface area contributed by atoms with Crippen LogP contribution in [0.1, 0.15) is 49.6 Å². The summed E-state index contributed by atoms with van der Waals surface area (Å²) in [5, 5.41) is 0. The summed E-state index contributed by atoms with van der Waals surface area (Å²) in [7, 11) is 0. The molecule has 0 aromatic carbocycles. The van der Waals surface area contributed by atoms with E-state index in [0.717, 1.165) is 32.0 Å². The zero-order valence-corrected chi connectivity index (χ0v) is 10.1. The van der Waals surface area contributed by atoms with Crippen LogP contribution in [-0.2, 0) is 9.53 Å². The van der Waals surface area contributed by atoms with Crippen molar-refractivity contribution in [3.05, 3.63) is 24.2 Å². The van der Waals surface area contributed by atoms with Crippen molar-refractivity contribution in [2.75, 3.05) is 0 Å². The van der Waals surface area contributed by atoms with Crippen molar-refractivity contribution in [3.63, 3.8) is 0 Å². The summed E-state index contributed by atoms with van der Waals surface area (Å²) in [6, 6.07) is 3.18. The number of ether oxygens (including phenoxy) is 1. The Bertz CT molecular complexity index is 329. The summed E-state index contributed by atoms with van der Waals surface area (Å²) in [4.78, 5) is 22.1. The molecule has 0 saturated carbocycles. The Hall–Kier alpha value is -1.58. The lowest BCUT2D eigenvalue weighted by atomic mass is 10.1. The van der Waals surface area contributed by atoms with Gasteiger partial charge in [-0.1, -0.05) is 19.8 Å². The van der Waals surface area contributed by atoms with Gasteiger partial charge < -0.3 is 13.9 Å². The van der Waals surface area contributed by atoms with Gasteiger partial charge in [-0.2, -0.15) is 0 Å². The van der Waals surface area contributed by atoms with E-state index >= 15 is 0 Å². The number of carbonyl (C=O) groups excluding carboxylic acids is 2. The third kappa shape index (κ3) is 4.85. The summed E-state index contributed by atoms with van der Waals surface area (Å²) < 4.78 is 10.2. The second kappa shape index (κ2) is 7.65. The highest BCUT2D eigenvalue weighted by molar-refractivity contribution is 5.86. The van der Waals surface area contributed by atoms with Crippen molar-refractivity contribution < 1.29 is 18.7 Å². The molecular weight excluding hydrogens is 220 g/mol. The monoisotopic (exact) mass is 238 g/mol. The molecule has 4 nitrogen and oxygen atoms in total. The summed E-state index contributed by atoms with van der Waals surface area (Å²) in [5.41, 5.74) is 0. The molecule has 0 bridgehead atoms. The molecule has 1 aromatic heterocycles. The number of aldehydes is 1. The maximum absolute atomic E-state index is 11.6. The third-order valence-electron chi connectivity index (χ3n) is 2.48. The molecule has 0 aliphatic heterocycles. The van der Waals surface area contributed by atoms with Gasteiger partial charge in [0.15, 0.2) is 0 Å². The quantitative estimate of drug-likeness (QED) is 0.397. The van der Waals surface area contributed by atoms with E-state index < -0.39 is 5.97 Å². The van der Waals surface area contributed by atoms with Crippen molar-refractivity contribution in [2.24, 2.45) is 0 Å². The molecule has 1 unspecified atom stereocenters. The standard InChI is InChI=1S/C13H18O4/c1-2-3-4-6-11(8-9-14)17-13(15)12-7-5-10-16-12/h5,7,9-11H,2-4,6,8H2,1H3. The Balaban J connectivity index is 2.42. The van der Waals surface area contributed by atoms with Crippen LogP contribution in [-0.4, -0.2) is 18.4 Å². The van der Waals surface area contributed by atoms with Crippen LogP contribution in [0.3, 0.4) is 0 Å². The van der Waals surface area contributed by atoms with Gasteiger partial charge in [-0.3, -0.25) is 0 Å². The van der Waals surface area contributed by atoms with E-state index in [1.165, 1.54) is 6.26 Å². The summed E-state index contributed by atoms with van der Waals surface area (Å²) >= 11 is 0. The van der Waals surface area contributed by atoms with Crippen LogP contribution in [0.25, 0.3) is 0 Å². The van der Waals surface area contributed by atoms with Crippen molar-refractivity contribution in [2.45, 2.75) is 45.1 Å². The molecule has 0 aliphatic carbocycles. The molecule has 4 heteroatoms. The molecule has 0 saturated heterocycles. The average Bonchev–Trinajstić information content (AvgIpc) is 2.83. The second-order valence-corrected chi connectivity index (χ2v) is 3.90. The van der Waals surface area contributed by atoms with E-state index in [2.05, 4.69) is 6.92 Å². The number of hydrogen-bond donors (Lipinski definition) is 0. The Morgan fingerprint density at radius 3 is 2.94 bits per heavy atom. The fourth-order valence-electron chi connectivity index (χ4n) is 1.56. The lowest BCUT2D eigenvalue weighted by Gasteiger charge is -2.14. The van der Waals surface area contributed by atoms with Gasteiger partial charge in [-0.05, 0) is 25.0 Å². The predicted molar refractivity (Wildman–Crippen MR) is 62.7 cm³/mol. The molecule has 1 heterocycles. The molecule has 1 rings (SSSR count). The lowest BCUT2D eigenvalue weighted by Crippen LogP contribution is -2.18. The van der Waals surface area contributed by atoms with Gasteiger partial charge in [0.2, 0.25) is 5.76 Å². The molecule has 94 valence electrons. The zero-order valence-electron chi connectivity index (χ0n) is 10.1. The zero-order chi connectivity index (χ0) is 12.5. The highest BCUT2D eigenvalue weighted by atomic mass is 16.6. The minimum atomic E-state index is -0.502. The molecule has 1 atom stereocenters. The Kier molecular flexibility index (Phi) is 6.07. The summed E-state index contributed by atoms with van der Waals surface area (Å²) in [6.45, 7) is 2.10. The minimum absolute atomic E-state index is 0.177. The molecule has 0 spiro atoms. The average molecular weight is 238 g/mol. The van der Waals surface area contributed by atoms with E-state index in [1.807, 2.05) is 0 Å². The molecule has 1 aromatic rings. The molecule has 0 N–H and O–H groups in total. The van der Waals surface area contributed by atoms with E-state index in [9.17, 15) is 9.59 Å². The van der Waals surface area contributed by atoms with E-state index in [-0.39, 0.29) is 18.3 Å². The van der Waals surface area contributed by atoms with Crippen LogP contribution >= 0.6 is 0 Å². The van der Waals surface area contributed by atoms with Crippen molar-refractivity contribution in [1.29, 1.82) is 0 Å². The molecule has 0 amide bonds. The van der Waals surface area contributed by atoms with Gasteiger partial charge in [-0.15, -0.1) is 0 Å². The maximum Gasteiger partial charge on any atom is 0.374 e. The summed E-state index contributed by atoms with van der Waals surface area (Å²) in [6.07, 6.45) is 5.97. The normalized spacial score (nSPS) is 12.1. The first-order chi connectivity index (χ1) is 8.27. The van der Waals surface area contributed by atoms with E-state index in [4.69, 9.17) is 9.15 Å². The van der Waals surface area contributed by atoms with Crippen LogP contribution in [0.4, 0.5) is 0 Å². The van der Waals surface area contributed by atoms with Crippen LogP contribution in [0.2, 0.25) is 0 Å². The summed E-state index contributed by atoms with van der Waals surface area (Å²) in [5.74, 6) is -0.324. The van der Waals surface area contributed by atoms with Gasteiger partial charge in [0.05, 0.1) is 6.26 Å². The Morgan fingerprint density at radius 1 is 1.53 bits per heavy atom. The van der Waals surface area contributed by atoms with Crippen LogP contribution in [0.15, 0.2) is 22.8 Å². The number of esters is 1. The number of carbonyl (C=O) groups is 2. The Labute approximate surface area is 101 Å². The first-order valence-electron chi connectivity index (χ1n) is 5.96. The second-order valence-electron chi connectivity index (χ2n) is 3.90. The van der Waals surface area contributed by atoms with Gasteiger partial charge in [-0.25, -0.2) is 4.79 Å². The number of unbranched alkanes of at least 4 members (excludes halogenated alkanes) is 2. The van der Waals surface area contributed by atoms with Crippen molar-refractivity contribution in [3.8, 4) is 0 Å². The van der Waals surface area contributed by atoms with Crippen LogP contribution < -0.4 is 0 Å². The van der Waals surface area contributed by atoms with E-state index in [0.29, 0.717) is 0 Å². The molecule has 0 fully saturated rings. The van der Waals surface area contributed by atoms with Gasteiger partial charge in [0.1, 0.15) is 12.4 Å². The van der Waals surface area contributed by atoms with Crippen molar-refractivity contribution in [1.82, 2.24) is 0 Å². The van der Waals surface area contributed by atoms with Crippen LogP contribution in [0, 0.1) is 0 Å². The number of hydrogen-bond acceptors (Lipinski definition) is 4. The van der Waals surface area contributed by atoms with Crippen molar-refractivity contribution >= 4 is 12.3 Å². The third-order valence-corrected chi connectivity index (χ3v) is 2.48.